The highest BCUT2D eigenvalue weighted by Gasteiger charge is 2.33. The maximum atomic E-state index is 12.3. The Morgan fingerprint density at radius 1 is 0.935 bits per heavy atom. The fourth-order valence-electron chi connectivity index (χ4n) is 4.91. The van der Waals surface area contributed by atoms with Gasteiger partial charge in [-0.2, -0.15) is 0 Å². The van der Waals surface area contributed by atoms with Crippen molar-refractivity contribution in [1.29, 1.82) is 0 Å². The van der Waals surface area contributed by atoms with Crippen LogP contribution in [0.5, 0.6) is 0 Å². The largest absolute Gasteiger partial charge is 0.462 e. The predicted octanol–water partition coefficient (Wildman–Crippen LogP) is 5.82. The van der Waals surface area contributed by atoms with Crippen LogP contribution in [0.25, 0.3) is 0 Å². The maximum absolute atomic E-state index is 12.3. The molecule has 0 bridgehead atoms. The monoisotopic (exact) mass is 433 g/mol. The van der Waals surface area contributed by atoms with Crippen LogP contribution in [0.2, 0.25) is 0 Å². The van der Waals surface area contributed by atoms with Crippen molar-refractivity contribution >= 4 is 17.8 Å². The number of imide groups is 1. The van der Waals surface area contributed by atoms with E-state index in [0.717, 1.165) is 38.5 Å². The predicted molar refractivity (Wildman–Crippen MR) is 123 cm³/mol. The SMILES string of the molecule is CC(C)[C@@H]1CC[C@@H](C)C[C@H]1OC(=O)CCCCCCCCCCCN1C(=O)C=CC1=O. The molecule has 0 aromatic heterocycles. The van der Waals surface area contributed by atoms with Gasteiger partial charge in [0, 0.05) is 25.1 Å². The van der Waals surface area contributed by atoms with Gasteiger partial charge in [-0.25, -0.2) is 0 Å². The molecule has 3 atom stereocenters. The first-order valence-electron chi connectivity index (χ1n) is 12.6. The van der Waals surface area contributed by atoms with Gasteiger partial charge >= 0.3 is 5.97 Å². The number of carbonyl (C=O) groups is 3. The van der Waals surface area contributed by atoms with Gasteiger partial charge in [-0.1, -0.05) is 72.1 Å². The summed E-state index contributed by atoms with van der Waals surface area (Å²) in [7, 11) is 0. The minimum atomic E-state index is -0.179. The fourth-order valence-corrected chi connectivity index (χ4v) is 4.91. The van der Waals surface area contributed by atoms with E-state index in [1.54, 1.807) is 0 Å². The molecule has 1 fully saturated rings. The van der Waals surface area contributed by atoms with Crippen LogP contribution in [0.4, 0.5) is 0 Å². The quantitative estimate of drug-likeness (QED) is 0.197. The molecule has 0 saturated heterocycles. The van der Waals surface area contributed by atoms with E-state index in [9.17, 15) is 14.4 Å². The Labute approximate surface area is 189 Å². The first-order valence-corrected chi connectivity index (χ1v) is 12.6. The summed E-state index contributed by atoms with van der Waals surface area (Å²) >= 11 is 0. The minimum absolute atomic E-state index is 0.00471. The Morgan fingerprint density at radius 2 is 1.48 bits per heavy atom. The third-order valence-corrected chi connectivity index (χ3v) is 6.91. The smallest absolute Gasteiger partial charge is 0.306 e. The summed E-state index contributed by atoms with van der Waals surface area (Å²) in [4.78, 5) is 36.5. The zero-order valence-electron chi connectivity index (χ0n) is 19.9. The lowest BCUT2D eigenvalue weighted by atomic mass is 9.75. The summed E-state index contributed by atoms with van der Waals surface area (Å²) in [6, 6.07) is 0. The van der Waals surface area contributed by atoms with Crippen LogP contribution >= 0.6 is 0 Å². The molecule has 176 valence electrons. The Bertz CT molecular complexity index is 595. The highest BCUT2D eigenvalue weighted by molar-refractivity contribution is 6.12. The lowest BCUT2D eigenvalue weighted by molar-refractivity contribution is -0.156. The van der Waals surface area contributed by atoms with Gasteiger partial charge in [0.05, 0.1) is 0 Å². The van der Waals surface area contributed by atoms with Crippen LogP contribution in [0.3, 0.4) is 0 Å². The lowest BCUT2D eigenvalue weighted by Gasteiger charge is -2.36. The molecular formula is C26H43NO4. The van der Waals surface area contributed by atoms with Crippen molar-refractivity contribution in [3.63, 3.8) is 0 Å². The van der Waals surface area contributed by atoms with E-state index in [2.05, 4.69) is 20.8 Å². The summed E-state index contributed by atoms with van der Waals surface area (Å²) in [5.41, 5.74) is 0. The number of ether oxygens (including phenoxy) is 1. The summed E-state index contributed by atoms with van der Waals surface area (Å²) in [6.45, 7) is 7.30. The van der Waals surface area contributed by atoms with Gasteiger partial charge in [0.2, 0.25) is 0 Å². The second-order valence-corrected chi connectivity index (χ2v) is 9.95. The topological polar surface area (TPSA) is 63.7 Å². The van der Waals surface area contributed by atoms with E-state index in [-0.39, 0.29) is 23.9 Å². The zero-order valence-corrected chi connectivity index (χ0v) is 19.9. The van der Waals surface area contributed by atoms with Crippen molar-refractivity contribution in [1.82, 2.24) is 4.90 Å². The zero-order chi connectivity index (χ0) is 22.6. The number of nitrogens with zero attached hydrogens (tertiary/aromatic N) is 1. The average Bonchev–Trinajstić information content (AvgIpc) is 3.03. The van der Waals surface area contributed by atoms with Crippen LogP contribution < -0.4 is 0 Å². The van der Waals surface area contributed by atoms with E-state index >= 15 is 0 Å². The molecular weight excluding hydrogens is 390 g/mol. The van der Waals surface area contributed by atoms with E-state index < -0.39 is 0 Å². The maximum Gasteiger partial charge on any atom is 0.306 e. The lowest BCUT2D eigenvalue weighted by Crippen LogP contribution is -2.35. The van der Waals surface area contributed by atoms with Gasteiger partial charge in [0.15, 0.2) is 0 Å². The van der Waals surface area contributed by atoms with Crippen LogP contribution in [-0.4, -0.2) is 35.3 Å². The van der Waals surface area contributed by atoms with Crippen molar-refractivity contribution in [2.75, 3.05) is 6.54 Å². The van der Waals surface area contributed by atoms with Crippen LogP contribution in [0.15, 0.2) is 12.2 Å². The van der Waals surface area contributed by atoms with Crippen LogP contribution in [-0.2, 0) is 19.1 Å². The van der Waals surface area contributed by atoms with E-state index in [0.29, 0.717) is 30.7 Å². The summed E-state index contributed by atoms with van der Waals surface area (Å²) in [5.74, 6) is 1.40. The second-order valence-electron chi connectivity index (χ2n) is 9.95. The van der Waals surface area contributed by atoms with Crippen molar-refractivity contribution in [3.8, 4) is 0 Å². The Morgan fingerprint density at radius 3 is 2.06 bits per heavy atom. The van der Waals surface area contributed by atoms with E-state index in [4.69, 9.17) is 4.74 Å². The Kier molecular flexibility index (Phi) is 11.3. The first-order chi connectivity index (χ1) is 14.9. The number of carbonyl (C=O) groups excluding carboxylic acids is 3. The van der Waals surface area contributed by atoms with E-state index in [1.165, 1.54) is 55.6 Å². The van der Waals surface area contributed by atoms with Crippen molar-refractivity contribution in [3.05, 3.63) is 12.2 Å². The standard InChI is InChI=1S/C26H43NO4/c1-20(2)22-15-14-21(3)19-23(22)31-26(30)13-11-9-7-5-4-6-8-10-12-18-27-24(28)16-17-25(27)29/h16-17,20-23H,4-15,18-19H2,1-3H3/t21-,22+,23-/m1/s1. The molecule has 0 unspecified atom stereocenters. The van der Waals surface area contributed by atoms with Gasteiger partial charge in [0.25, 0.3) is 11.8 Å². The Hall–Kier alpha value is -1.65. The van der Waals surface area contributed by atoms with Gasteiger partial charge in [-0.3, -0.25) is 19.3 Å². The molecule has 1 heterocycles. The van der Waals surface area contributed by atoms with Gasteiger partial charge in [0.1, 0.15) is 6.10 Å². The molecule has 0 radical (unpaired) electrons. The molecule has 0 N–H and O–H groups in total. The molecule has 1 aliphatic carbocycles. The molecule has 1 saturated carbocycles. The minimum Gasteiger partial charge on any atom is -0.462 e. The summed E-state index contributed by atoms with van der Waals surface area (Å²) in [5, 5.41) is 0. The second kappa shape index (κ2) is 13.7. The van der Waals surface area contributed by atoms with Gasteiger partial charge in [-0.05, 0) is 43.4 Å². The third-order valence-electron chi connectivity index (χ3n) is 6.91. The molecule has 5 nitrogen and oxygen atoms in total. The molecule has 0 aromatic rings. The number of amides is 2. The average molecular weight is 434 g/mol. The fraction of sp³-hybridized carbons (Fsp3) is 0.808. The number of esters is 1. The highest BCUT2D eigenvalue weighted by atomic mass is 16.5. The number of rotatable bonds is 14. The molecule has 0 spiro atoms. The van der Waals surface area contributed by atoms with Crippen LogP contribution in [0.1, 0.15) is 104 Å². The van der Waals surface area contributed by atoms with Crippen molar-refractivity contribution in [2.24, 2.45) is 17.8 Å². The molecule has 1 aliphatic heterocycles. The molecule has 2 aliphatic rings. The highest BCUT2D eigenvalue weighted by Crippen LogP contribution is 2.35. The molecule has 0 aromatic carbocycles. The molecule has 31 heavy (non-hydrogen) atoms. The summed E-state index contributed by atoms with van der Waals surface area (Å²) in [6.07, 6.45) is 16.7. The van der Waals surface area contributed by atoms with Crippen molar-refractivity contribution in [2.45, 2.75) is 110 Å². The third kappa shape index (κ3) is 9.16. The normalized spacial score (nSPS) is 23.7. The molecule has 2 rings (SSSR count). The number of hydrogen-bond donors (Lipinski definition) is 0. The molecule has 5 heteroatoms. The van der Waals surface area contributed by atoms with Gasteiger partial charge < -0.3 is 4.74 Å². The van der Waals surface area contributed by atoms with Crippen molar-refractivity contribution < 1.29 is 19.1 Å². The molecule has 2 amide bonds. The summed E-state index contributed by atoms with van der Waals surface area (Å²) < 4.78 is 5.88. The number of unbranched alkanes of at least 4 members (excludes halogenated alkanes) is 8. The number of hydrogen-bond acceptors (Lipinski definition) is 4. The van der Waals surface area contributed by atoms with E-state index in [1.807, 2.05) is 0 Å². The van der Waals surface area contributed by atoms with Gasteiger partial charge in [-0.15, -0.1) is 0 Å². The first kappa shape index (κ1) is 25.6. The Balaban J connectivity index is 1.42. The van der Waals surface area contributed by atoms with Crippen LogP contribution in [0, 0.1) is 17.8 Å².